The zero-order valence-corrected chi connectivity index (χ0v) is 7.39. The van der Waals surface area contributed by atoms with Gasteiger partial charge in [0.05, 0.1) is 0 Å². The average molecular weight is 232 g/mol. The summed E-state index contributed by atoms with van der Waals surface area (Å²) in [6.45, 7) is 3.86. The van der Waals surface area contributed by atoms with E-state index in [1.807, 2.05) is 0 Å². The molecule has 0 spiro atoms. The first-order valence-corrected chi connectivity index (χ1v) is 4.09. The van der Waals surface area contributed by atoms with E-state index in [1.54, 1.807) is 0 Å². The van der Waals surface area contributed by atoms with Crippen LogP contribution in [0, 0.1) is 0 Å². The van der Waals surface area contributed by atoms with Crippen LogP contribution in [0.4, 0.5) is 0 Å². The van der Waals surface area contributed by atoms with Crippen LogP contribution in [0.25, 0.3) is 0 Å². The molecular formula is C8H9I. The Labute approximate surface area is 69.5 Å². The molecule has 0 amide bonds. The molecule has 48 valence electrons. The highest BCUT2D eigenvalue weighted by atomic mass is 127. The smallest absolute Gasteiger partial charge is 0.00901 e. The first-order chi connectivity index (χ1) is 4.30. The molecule has 0 saturated carbocycles. The van der Waals surface area contributed by atoms with Crippen molar-refractivity contribution in [3.05, 3.63) is 34.0 Å². The molecule has 0 aromatic rings. The molecule has 0 N–H and O–H groups in total. The van der Waals surface area contributed by atoms with Gasteiger partial charge in [0, 0.05) is 3.58 Å². The Morgan fingerprint density at radius 1 is 1.67 bits per heavy atom. The van der Waals surface area contributed by atoms with Gasteiger partial charge in [-0.2, -0.15) is 0 Å². The normalized spacial score (nSPS) is 17.2. The molecule has 0 fully saturated rings. The van der Waals surface area contributed by atoms with Crippen molar-refractivity contribution >= 4 is 22.6 Å². The van der Waals surface area contributed by atoms with E-state index in [9.17, 15) is 0 Å². The highest BCUT2D eigenvalue weighted by molar-refractivity contribution is 14.1. The molecule has 0 atom stereocenters. The topological polar surface area (TPSA) is 0 Å². The maximum Gasteiger partial charge on any atom is 0.00901 e. The van der Waals surface area contributed by atoms with Gasteiger partial charge in [0.25, 0.3) is 0 Å². The first kappa shape index (κ1) is 7.06. The lowest BCUT2D eigenvalue weighted by atomic mass is 10.1. The molecule has 0 heterocycles. The molecular weight excluding hydrogens is 223 g/mol. The van der Waals surface area contributed by atoms with Crippen LogP contribution in [-0.2, 0) is 0 Å². The summed E-state index contributed by atoms with van der Waals surface area (Å²) in [4.78, 5) is 0. The van der Waals surface area contributed by atoms with Crippen molar-refractivity contribution in [1.82, 2.24) is 0 Å². The summed E-state index contributed by atoms with van der Waals surface area (Å²) in [7, 11) is 0. The first-order valence-electron chi connectivity index (χ1n) is 3.01. The molecule has 1 rings (SSSR count). The highest BCUT2D eigenvalue weighted by Crippen LogP contribution is 2.22. The van der Waals surface area contributed by atoms with Crippen molar-refractivity contribution < 1.29 is 0 Å². The molecule has 0 aromatic carbocycles. The third kappa shape index (κ3) is 1.97. The minimum Gasteiger partial charge on any atom is -0.0853 e. The number of rotatable bonds is 1. The van der Waals surface area contributed by atoms with Crippen molar-refractivity contribution in [1.29, 1.82) is 0 Å². The van der Waals surface area contributed by atoms with Crippen molar-refractivity contribution in [2.75, 3.05) is 0 Å². The summed E-state index contributed by atoms with van der Waals surface area (Å²) in [5.41, 5.74) is 1.39. The predicted octanol–water partition coefficient (Wildman–Crippen LogP) is 3.21. The summed E-state index contributed by atoms with van der Waals surface area (Å²) < 4.78 is 1.18. The lowest BCUT2D eigenvalue weighted by Crippen LogP contribution is -1.84. The fourth-order valence-electron chi connectivity index (χ4n) is 0.829. The number of hydrogen-bond donors (Lipinski definition) is 0. The highest BCUT2D eigenvalue weighted by Gasteiger charge is 1.99. The SMILES string of the molecule is C=C(I)C1=CC=CCC1. The fourth-order valence-corrected chi connectivity index (χ4v) is 1.28. The van der Waals surface area contributed by atoms with Gasteiger partial charge in [0.15, 0.2) is 0 Å². The number of halogens is 1. The molecule has 0 radical (unpaired) electrons. The Hall–Kier alpha value is -0.0500. The molecule has 9 heavy (non-hydrogen) atoms. The Morgan fingerprint density at radius 3 is 2.78 bits per heavy atom. The zero-order chi connectivity index (χ0) is 6.69. The average Bonchev–Trinajstić information content (AvgIpc) is 1.90. The summed E-state index contributed by atoms with van der Waals surface area (Å²) in [5.74, 6) is 0. The van der Waals surface area contributed by atoms with E-state index in [0.29, 0.717) is 0 Å². The standard InChI is InChI=1S/C8H9I/c1-7(9)8-5-3-2-4-6-8/h2-3,5H,1,4,6H2. The van der Waals surface area contributed by atoms with Gasteiger partial charge in [-0.15, -0.1) is 0 Å². The van der Waals surface area contributed by atoms with Gasteiger partial charge >= 0.3 is 0 Å². The second-order valence-electron chi connectivity index (χ2n) is 2.06. The Morgan fingerprint density at radius 2 is 2.44 bits per heavy atom. The predicted molar refractivity (Wildman–Crippen MR) is 49.6 cm³/mol. The molecule has 0 saturated heterocycles. The Balaban J connectivity index is 2.68. The maximum absolute atomic E-state index is 3.86. The van der Waals surface area contributed by atoms with E-state index < -0.39 is 0 Å². The molecule has 1 heteroatoms. The molecule has 0 unspecified atom stereocenters. The van der Waals surface area contributed by atoms with Crippen LogP contribution >= 0.6 is 22.6 Å². The Bertz CT molecular complexity index is 175. The quantitative estimate of drug-likeness (QED) is 0.609. The summed E-state index contributed by atoms with van der Waals surface area (Å²) in [6.07, 6.45) is 8.76. The van der Waals surface area contributed by atoms with Crippen molar-refractivity contribution in [3.8, 4) is 0 Å². The van der Waals surface area contributed by atoms with Gasteiger partial charge in [-0.25, -0.2) is 0 Å². The van der Waals surface area contributed by atoms with Gasteiger partial charge in [-0.05, 0) is 41.0 Å². The van der Waals surface area contributed by atoms with Crippen molar-refractivity contribution in [3.63, 3.8) is 0 Å². The van der Waals surface area contributed by atoms with Crippen LogP contribution in [0.2, 0.25) is 0 Å². The maximum atomic E-state index is 3.86. The summed E-state index contributed by atoms with van der Waals surface area (Å²) >= 11 is 2.27. The van der Waals surface area contributed by atoms with E-state index in [1.165, 1.54) is 15.6 Å². The van der Waals surface area contributed by atoms with Gasteiger partial charge in [-0.1, -0.05) is 24.8 Å². The van der Waals surface area contributed by atoms with E-state index in [-0.39, 0.29) is 0 Å². The van der Waals surface area contributed by atoms with E-state index in [2.05, 4.69) is 47.4 Å². The van der Waals surface area contributed by atoms with Crippen LogP contribution in [0.15, 0.2) is 34.0 Å². The van der Waals surface area contributed by atoms with Gasteiger partial charge in [0.1, 0.15) is 0 Å². The van der Waals surface area contributed by atoms with Crippen LogP contribution in [0.5, 0.6) is 0 Å². The third-order valence-corrected chi connectivity index (χ3v) is 2.06. The van der Waals surface area contributed by atoms with Crippen molar-refractivity contribution in [2.45, 2.75) is 12.8 Å². The summed E-state index contributed by atoms with van der Waals surface area (Å²) in [6, 6.07) is 0. The molecule has 1 aliphatic rings. The second-order valence-corrected chi connectivity index (χ2v) is 3.37. The van der Waals surface area contributed by atoms with Gasteiger partial charge in [-0.3, -0.25) is 0 Å². The molecule has 1 aliphatic carbocycles. The minimum absolute atomic E-state index is 1.16. The fraction of sp³-hybridized carbons (Fsp3) is 0.250. The molecule has 0 nitrogen and oxygen atoms in total. The van der Waals surface area contributed by atoms with Crippen LogP contribution in [0.3, 0.4) is 0 Å². The van der Waals surface area contributed by atoms with E-state index in [4.69, 9.17) is 0 Å². The van der Waals surface area contributed by atoms with Crippen LogP contribution < -0.4 is 0 Å². The molecule has 0 aromatic heterocycles. The van der Waals surface area contributed by atoms with Crippen molar-refractivity contribution in [2.24, 2.45) is 0 Å². The Kier molecular flexibility index (Phi) is 2.51. The van der Waals surface area contributed by atoms with E-state index >= 15 is 0 Å². The lowest BCUT2D eigenvalue weighted by Gasteiger charge is -2.05. The summed E-state index contributed by atoms with van der Waals surface area (Å²) in [5, 5.41) is 0. The zero-order valence-electron chi connectivity index (χ0n) is 5.23. The van der Waals surface area contributed by atoms with Crippen LogP contribution in [0.1, 0.15) is 12.8 Å². The van der Waals surface area contributed by atoms with Gasteiger partial charge < -0.3 is 0 Å². The minimum atomic E-state index is 1.16. The molecule has 0 aliphatic heterocycles. The number of hydrogen-bond acceptors (Lipinski definition) is 0. The van der Waals surface area contributed by atoms with Crippen LogP contribution in [-0.4, -0.2) is 0 Å². The largest absolute Gasteiger partial charge is 0.0853 e. The molecule has 0 bridgehead atoms. The van der Waals surface area contributed by atoms with Gasteiger partial charge in [0.2, 0.25) is 0 Å². The monoisotopic (exact) mass is 232 g/mol. The lowest BCUT2D eigenvalue weighted by molar-refractivity contribution is 0.990. The second kappa shape index (κ2) is 3.20. The van der Waals surface area contributed by atoms with E-state index in [0.717, 1.165) is 6.42 Å². The third-order valence-electron chi connectivity index (χ3n) is 1.36. The number of allylic oxidation sites excluding steroid dienone is 5.